The van der Waals surface area contributed by atoms with Gasteiger partial charge in [0.1, 0.15) is 6.54 Å². The van der Waals surface area contributed by atoms with Crippen molar-refractivity contribution < 1.29 is 14.3 Å². The zero-order valence-corrected chi connectivity index (χ0v) is 8.35. The highest BCUT2D eigenvalue weighted by atomic mass is 16.5. The predicted octanol–water partition coefficient (Wildman–Crippen LogP) is -0.805. The first-order valence-corrected chi connectivity index (χ1v) is 4.39. The number of amides is 1. The second kappa shape index (κ2) is 4.76. The highest BCUT2D eigenvalue weighted by Gasteiger charge is 2.16. The Hall–Kier alpha value is -1.36. The van der Waals surface area contributed by atoms with E-state index in [9.17, 15) is 9.59 Å². The van der Waals surface area contributed by atoms with Crippen molar-refractivity contribution in [2.45, 2.75) is 6.92 Å². The zero-order chi connectivity index (χ0) is 10.6. The van der Waals surface area contributed by atoms with Crippen LogP contribution < -0.4 is 10.6 Å². The fourth-order valence-electron chi connectivity index (χ4n) is 1.03. The summed E-state index contributed by atoms with van der Waals surface area (Å²) >= 11 is 0. The Labute approximate surface area is 82.5 Å². The molecule has 0 aromatic rings. The van der Waals surface area contributed by atoms with Crippen molar-refractivity contribution in [1.29, 1.82) is 0 Å². The van der Waals surface area contributed by atoms with Gasteiger partial charge in [0.15, 0.2) is 0 Å². The van der Waals surface area contributed by atoms with Crippen LogP contribution in [0, 0.1) is 0 Å². The number of methoxy groups -OCH3 is 1. The normalized spacial score (nSPS) is 14.3. The van der Waals surface area contributed by atoms with E-state index in [4.69, 9.17) is 0 Å². The number of hydrogen-bond acceptors (Lipinski definition) is 4. The molecule has 2 N–H and O–H groups in total. The zero-order valence-electron chi connectivity index (χ0n) is 8.35. The van der Waals surface area contributed by atoms with Crippen molar-refractivity contribution in [3.63, 3.8) is 0 Å². The third-order valence-corrected chi connectivity index (χ3v) is 2.17. The SMILES string of the molecule is COC(=O)CNC(=O)C(C)=C1CNC1. The molecular formula is C9H14N2O3. The van der Waals surface area contributed by atoms with Gasteiger partial charge >= 0.3 is 5.97 Å². The molecule has 5 nitrogen and oxygen atoms in total. The van der Waals surface area contributed by atoms with E-state index in [1.807, 2.05) is 0 Å². The van der Waals surface area contributed by atoms with E-state index >= 15 is 0 Å². The summed E-state index contributed by atoms with van der Waals surface area (Å²) < 4.78 is 4.40. The van der Waals surface area contributed by atoms with Gasteiger partial charge in [0.2, 0.25) is 5.91 Å². The van der Waals surface area contributed by atoms with E-state index in [0.717, 1.165) is 18.7 Å². The first-order chi connectivity index (χ1) is 6.65. The summed E-state index contributed by atoms with van der Waals surface area (Å²) in [5.41, 5.74) is 1.78. The molecule has 1 aliphatic heterocycles. The molecule has 1 heterocycles. The summed E-state index contributed by atoms with van der Waals surface area (Å²) in [5, 5.41) is 5.53. The van der Waals surface area contributed by atoms with Gasteiger partial charge in [0.05, 0.1) is 7.11 Å². The van der Waals surface area contributed by atoms with Gasteiger partial charge in [0, 0.05) is 18.7 Å². The molecule has 0 spiro atoms. The molecule has 1 rings (SSSR count). The van der Waals surface area contributed by atoms with E-state index in [2.05, 4.69) is 15.4 Å². The van der Waals surface area contributed by atoms with Crippen molar-refractivity contribution in [1.82, 2.24) is 10.6 Å². The Bertz CT molecular complexity index is 278. The largest absolute Gasteiger partial charge is 0.468 e. The lowest BCUT2D eigenvalue weighted by atomic mass is 10.0. The molecule has 0 atom stereocenters. The molecule has 0 radical (unpaired) electrons. The van der Waals surface area contributed by atoms with Gasteiger partial charge in [-0.25, -0.2) is 0 Å². The maximum Gasteiger partial charge on any atom is 0.325 e. The summed E-state index contributed by atoms with van der Waals surface area (Å²) in [4.78, 5) is 22.1. The van der Waals surface area contributed by atoms with Gasteiger partial charge in [-0.2, -0.15) is 0 Å². The number of esters is 1. The quantitative estimate of drug-likeness (QED) is 0.460. The first-order valence-electron chi connectivity index (χ1n) is 4.39. The second-order valence-electron chi connectivity index (χ2n) is 3.09. The van der Waals surface area contributed by atoms with Gasteiger partial charge in [-0.05, 0) is 12.5 Å². The summed E-state index contributed by atoms with van der Waals surface area (Å²) in [7, 11) is 1.29. The predicted molar refractivity (Wildman–Crippen MR) is 50.6 cm³/mol. The molecule has 14 heavy (non-hydrogen) atoms. The summed E-state index contributed by atoms with van der Waals surface area (Å²) in [6.45, 7) is 3.20. The molecular weight excluding hydrogens is 184 g/mol. The number of nitrogens with one attached hydrogen (secondary N) is 2. The fraction of sp³-hybridized carbons (Fsp3) is 0.556. The molecule has 0 unspecified atom stereocenters. The lowest BCUT2D eigenvalue weighted by molar-refractivity contribution is -0.140. The van der Waals surface area contributed by atoms with Crippen LogP contribution in [-0.4, -0.2) is 38.6 Å². The van der Waals surface area contributed by atoms with Crippen LogP contribution >= 0.6 is 0 Å². The highest BCUT2D eigenvalue weighted by Crippen LogP contribution is 2.08. The van der Waals surface area contributed by atoms with E-state index in [1.165, 1.54) is 7.11 Å². The molecule has 1 aliphatic rings. The van der Waals surface area contributed by atoms with Crippen LogP contribution in [0.25, 0.3) is 0 Å². The van der Waals surface area contributed by atoms with Crippen LogP contribution in [-0.2, 0) is 14.3 Å². The van der Waals surface area contributed by atoms with Crippen LogP contribution in [0.4, 0.5) is 0 Å². The van der Waals surface area contributed by atoms with E-state index in [1.54, 1.807) is 6.92 Å². The van der Waals surface area contributed by atoms with Crippen LogP contribution in [0.5, 0.6) is 0 Å². The Morgan fingerprint density at radius 1 is 1.50 bits per heavy atom. The molecule has 1 saturated heterocycles. The van der Waals surface area contributed by atoms with E-state index in [0.29, 0.717) is 5.57 Å². The molecule has 5 heteroatoms. The maximum absolute atomic E-state index is 11.4. The maximum atomic E-state index is 11.4. The van der Waals surface area contributed by atoms with Gasteiger partial charge in [-0.15, -0.1) is 0 Å². The summed E-state index contributed by atoms with van der Waals surface area (Å²) in [5.74, 6) is -0.644. The number of carbonyl (C=O) groups excluding carboxylic acids is 2. The number of ether oxygens (including phenoxy) is 1. The van der Waals surface area contributed by atoms with Crippen LogP contribution in [0.15, 0.2) is 11.1 Å². The standard InChI is InChI=1S/C9H14N2O3/c1-6(7-3-10-4-7)9(13)11-5-8(12)14-2/h10H,3-5H2,1-2H3,(H,11,13). The number of carbonyl (C=O) groups is 2. The number of rotatable bonds is 3. The lowest BCUT2D eigenvalue weighted by Gasteiger charge is -2.21. The third kappa shape index (κ3) is 2.56. The molecule has 0 aliphatic carbocycles. The first kappa shape index (κ1) is 10.7. The number of hydrogen-bond donors (Lipinski definition) is 2. The Kier molecular flexibility index (Phi) is 3.64. The van der Waals surface area contributed by atoms with Crippen LogP contribution in [0.3, 0.4) is 0 Å². The van der Waals surface area contributed by atoms with Crippen molar-refractivity contribution >= 4 is 11.9 Å². The average Bonchev–Trinajstić information content (AvgIpc) is 2.10. The Balaban J connectivity index is 2.38. The molecule has 0 saturated carbocycles. The van der Waals surface area contributed by atoms with Crippen LogP contribution in [0.2, 0.25) is 0 Å². The minimum absolute atomic E-state index is 0.0760. The highest BCUT2D eigenvalue weighted by molar-refractivity contribution is 5.95. The molecule has 1 amide bonds. The average molecular weight is 198 g/mol. The fourth-order valence-corrected chi connectivity index (χ4v) is 1.03. The molecule has 0 aromatic heterocycles. The van der Waals surface area contributed by atoms with Crippen LogP contribution in [0.1, 0.15) is 6.92 Å². The van der Waals surface area contributed by atoms with Crippen molar-refractivity contribution in [2.75, 3.05) is 26.7 Å². The van der Waals surface area contributed by atoms with Crippen molar-refractivity contribution in [3.05, 3.63) is 11.1 Å². The van der Waals surface area contributed by atoms with E-state index < -0.39 is 5.97 Å². The smallest absolute Gasteiger partial charge is 0.325 e. The molecule has 0 bridgehead atoms. The molecule has 78 valence electrons. The monoisotopic (exact) mass is 198 g/mol. The van der Waals surface area contributed by atoms with E-state index in [-0.39, 0.29) is 12.5 Å². The minimum Gasteiger partial charge on any atom is -0.468 e. The Morgan fingerprint density at radius 3 is 2.57 bits per heavy atom. The van der Waals surface area contributed by atoms with Crippen molar-refractivity contribution in [3.8, 4) is 0 Å². The van der Waals surface area contributed by atoms with Gasteiger partial charge in [0.25, 0.3) is 0 Å². The van der Waals surface area contributed by atoms with Gasteiger partial charge in [-0.1, -0.05) is 0 Å². The lowest BCUT2D eigenvalue weighted by Crippen LogP contribution is -2.38. The Morgan fingerprint density at radius 2 is 2.14 bits per heavy atom. The van der Waals surface area contributed by atoms with Crippen molar-refractivity contribution in [2.24, 2.45) is 0 Å². The molecule has 0 aromatic carbocycles. The topological polar surface area (TPSA) is 67.4 Å². The summed E-state index contributed by atoms with van der Waals surface area (Å²) in [6.07, 6.45) is 0. The van der Waals surface area contributed by atoms with Gasteiger partial charge < -0.3 is 15.4 Å². The summed E-state index contributed by atoms with van der Waals surface area (Å²) in [6, 6.07) is 0. The second-order valence-corrected chi connectivity index (χ2v) is 3.09. The third-order valence-electron chi connectivity index (χ3n) is 2.17. The minimum atomic E-state index is -0.442. The molecule has 1 fully saturated rings. The van der Waals surface area contributed by atoms with Gasteiger partial charge in [-0.3, -0.25) is 9.59 Å².